The number of allylic oxidation sites excluding steroid dienone is 2. The van der Waals surface area contributed by atoms with E-state index in [1.54, 1.807) is 18.2 Å². The SMILES string of the molecule is Cc1cc(C)cc(NS(=O)(=O)c2ccc3c(c2)C2C=CCC2C(c2cc(Br)ccc2O)N3)c1. The molecule has 1 aliphatic carbocycles. The quantitative estimate of drug-likeness (QED) is 0.345. The highest BCUT2D eigenvalue weighted by molar-refractivity contribution is 9.10. The molecule has 5 rings (SSSR count). The first kappa shape index (κ1) is 22.0. The summed E-state index contributed by atoms with van der Waals surface area (Å²) in [5, 5.41) is 14.1. The summed E-state index contributed by atoms with van der Waals surface area (Å²) in [6, 6.07) is 16.3. The zero-order valence-electron chi connectivity index (χ0n) is 18.3. The average Bonchev–Trinajstić information content (AvgIpc) is 3.24. The number of aryl methyl sites for hydroxylation is 2. The van der Waals surface area contributed by atoms with Crippen LogP contribution in [0.1, 0.15) is 40.6 Å². The predicted octanol–water partition coefficient (Wildman–Crippen LogP) is 6.40. The Morgan fingerprint density at radius 2 is 1.76 bits per heavy atom. The maximum atomic E-state index is 13.2. The Hall–Kier alpha value is -2.77. The number of rotatable bonds is 4. The topological polar surface area (TPSA) is 78.4 Å². The molecule has 1 heterocycles. The van der Waals surface area contributed by atoms with E-state index in [4.69, 9.17) is 0 Å². The minimum atomic E-state index is -3.74. The zero-order chi connectivity index (χ0) is 23.3. The molecule has 3 aromatic rings. The van der Waals surface area contributed by atoms with Gasteiger partial charge in [0.2, 0.25) is 0 Å². The number of anilines is 2. The number of phenolic OH excluding ortho intramolecular Hbond substituents is 1. The summed E-state index contributed by atoms with van der Waals surface area (Å²) in [6.07, 6.45) is 5.15. The van der Waals surface area contributed by atoms with Gasteiger partial charge in [0, 0.05) is 27.3 Å². The van der Waals surface area contributed by atoms with Crippen molar-refractivity contribution in [2.75, 3.05) is 10.0 Å². The van der Waals surface area contributed by atoms with Crippen LogP contribution in [0.3, 0.4) is 0 Å². The van der Waals surface area contributed by atoms with Gasteiger partial charge in [0.15, 0.2) is 0 Å². The Balaban J connectivity index is 1.51. The van der Waals surface area contributed by atoms with Crippen LogP contribution in [0, 0.1) is 19.8 Å². The van der Waals surface area contributed by atoms with Crippen molar-refractivity contribution >= 4 is 37.3 Å². The van der Waals surface area contributed by atoms with Gasteiger partial charge in [-0.3, -0.25) is 4.72 Å². The van der Waals surface area contributed by atoms with Gasteiger partial charge in [-0.1, -0.05) is 34.1 Å². The lowest BCUT2D eigenvalue weighted by molar-refractivity contribution is 0.402. The van der Waals surface area contributed by atoms with Crippen molar-refractivity contribution in [2.45, 2.75) is 37.1 Å². The predicted molar refractivity (Wildman–Crippen MR) is 135 cm³/mol. The van der Waals surface area contributed by atoms with E-state index in [0.29, 0.717) is 5.69 Å². The maximum absolute atomic E-state index is 13.2. The number of sulfonamides is 1. The van der Waals surface area contributed by atoms with Crippen molar-refractivity contribution in [3.63, 3.8) is 0 Å². The Kier molecular flexibility index (Phi) is 5.49. The van der Waals surface area contributed by atoms with Crippen LogP contribution in [0.5, 0.6) is 5.75 Å². The van der Waals surface area contributed by atoms with Crippen LogP contribution < -0.4 is 10.0 Å². The van der Waals surface area contributed by atoms with Gasteiger partial charge in [0.25, 0.3) is 10.0 Å². The van der Waals surface area contributed by atoms with Crippen molar-refractivity contribution in [3.05, 3.63) is 93.5 Å². The van der Waals surface area contributed by atoms with E-state index in [1.807, 2.05) is 50.2 Å². The number of phenols is 1. The molecule has 0 radical (unpaired) electrons. The van der Waals surface area contributed by atoms with Crippen LogP contribution in [-0.2, 0) is 10.0 Å². The van der Waals surface area contributed by atoms with E-state index in [0.717, 1.165) is 38.8 Å². The summed E-state index contributed by atoms with van der Waals surface area (Å²) in [5.74, 6) is 0.505. The molecule has 170 valence electrons. The first-order valence-electron chi connectivity index (χ1n) is 10.9. The summed E-state index contributed by atoms with van der Waals surface area (Å²) in [5.41, 5.74) is 5.25. The second-order valence-corrected chi connectivity index (χ2v) is 11.5. The lowest BCUT2D eigenvalue weighted by atomic mass is 9.77. The maximum Gasteiger partial charge on any atom is 0.261 e. The summed E-state index contributed by atoms with van der Waals surface area (Å²) in [6.45, 7) is 3.89. The molecular formula is C26H25BrN2O3S. The van der Waals surface area contributed by atoms with Crippen molar-refractivity contribution < 1.29 is 13.5 Å². The third kappa shape index (κ3) is 4.15. The molecule has 0 amide bonds. The van der Waals surface area contributed by atoms with Crippen molar-refractivity contribution in [3.8, 4) is 5.75 Å². The third-order valence-electron chi connectivity index (χ3n) is 6.44. The third-order valence-corrected chi connectivity index (χ3v) is 8.32. The van der Waals surface area contributed by atoms with Crippen LogP contribution in [0.4, 0.5) is 11.4 Å². The molecule has 3 atom stereocenters. The summed E-state index contributed by atoms with van der Waals surface area (Å²) in [4.78, 5) is 0.241. The molecule has 0 spiro atoms. The smallest absolute Gasteiger partial charge is 0.261 e. The summed E-state index contributed by atoms with van der Waals surface area (Å²) in [7, 11) is -3.74. The van der Waals surface area contributed by atoms with E-state index in [-0.39, 0.29) is 28.5 Å². The molecule has 2 aliphatic rings. The minimum absolute atomic E-state index is 0.0704. The molecule has 7 heteroatoms. The van der Waals surface area contributed by atoms with Crippen LogP contribution in [0.2, 0.25) is 0 Å². The second-order valence-electron chi connectivity index (χ2n) is 8.91. The summed E-state index contributed by atoms with van der Waals surface area (Å²) >= 11 is 3.51. The molecule has 0 saturated heterocycles. The lowest BCUT2D eigenvalue weighted by Crippen LogP contribution is -2.29. The molecule has 3 N–H and O–H groups in total. The highest BCUT2D eigenvalue weighted by Crippen LogP contribution is 2.51. The van der Waals surface area contributed by atoms with Crippen LogP contribution >= 0.6 is 15.9 Å². The lowest BCUT2D eigenvalue weighted by Gasteiger charge is -2.38. The average molecular weight is 525 g/mol. The number of hydrogen-bond acceptors (Lipinski definition) is 4. The number of halogens is 1. The molecule has 0 fully saturated rings. The van der Waals surface area contributed by atoms with E-state index in [2.05, 4.69) is 38.1 Å². The van der Waals surface area contributed by atoms with Crippen LogP contribution in [-0.4, -0.2) is 13.5 Å². The molecule has 0 aromatic heterocycles. The molecule has 33 heavy (non-hydrogen) atoms. The molecule has 0 bridgehead atoms. The zero-order valence-corrected chi connectivity index (χ0v) is 20.7. The monoisotopic (exact) mass is 524 g/mol. The summed E-state index contributed by atoms with van der Waals surface area (Å²) < 4.78 is 30.0. The number of hydrogen-bond donors (Lipinski definition) is 3. The Morgan fingerprint density at radius 3 is 2.52 bits per heavy atom. The normalized spacial score (nSPS) is 21.2. The van der Waals surface area contributed by atoms with Gasteiger partial charge in [0.05, 0.1) is 10.9 Å². The van der Waals surface area contributed by atoms with Crippen LogP contribution in [0.15, 0.2) is 76.1 Å². The second kappa shape index (κ2) is 8.22. The molecule has 5 nitrogen and oxygen atoms in total. The Labute approximate surface area is 202 Å². The first-order valence-corrected chi connectivity index (χ1v) is 13.2. The largest absolute Gasteiger partial charge is 0.508 e. The number of fused-ring (bicyclic) bond motifs is 3. The van der Waals surface area contributed by atoms with Gasteiger partial charge < -0.3 is 10.4 Å². The van der Waals surface area contributed by atoms with Gasteiger partial charge in [-0.05, 0) is 91.4 Å². The first-order chi connectivity index (χ1) is 15.7. The van der Waals surface area contributed by atoms with Gasteiger partial charge in [0.1, 0.15) is 5.75 Å². The number of benzene rings is 3. The van der Waals surface area contributed by atoms with Gasteiger partial charge >= 0.3 is 0 Å². The van der Waals surface area contributed by atoms with Crippen molar-refractivity contribution in [2.24, 2.45) is 5.92 Å². The fourth-order valence-corrected chi connectivity index (χ4v) is 6.52. The highest BCUT2D eigenvalue weighted by atomic mass is 79.9. The van der Waals surface area contributed by atoms with Crippen LogP contribution in [0.25, 0.3) is 0 Å². The minimum Gasteiger partial charge on any atom is -0.508 e. The Morgan fingerprint density at radius 1 is 1.00 bits per heavy atom. The molecule has 3 unspecified atom stereocenters. The highest BCUT2D eigenvalue weighted by Gasteiger charge is 2.39. The van der Waals surface area contributed by atoms with Gasteiger partial charge in [-0.2, -0.15) is 0 Å². The molecule has 1 aliphatic heterocycles. The number of aromatic hydroxyl groups is 1. The van der Waals surface area contributed by atoms with Crippen molar-refractivity contribution in [1.82, 2.24) is 0 Å². The fraction of sp³-hybridized carbons (Fsp3) is 0.231. The fourth-order valence-electron chi connectivity index (χ4n) is 5.07. The number of nitrogens with one attached hydrogen (secondary N) is 2. The van der Waals surface area contributed by atoms with Crippen molar-refractivity contribution in [1.29, 1.82) is 0 Å². The van der Waals surface area contributed by atoms with E-state index >= 15 is 0 Å². The Bertz CT molecular complexity index is 1360. The van der Waals surface area contributed by atoms with E-state index < -0.39 is 10.0 Å². The van der Waals surface area contributed by atoms with E-state index in [1.165, 1.54) is 0 Å². The standard InChI is InChI=1S/C26H25BrN2O3S/c1-15-10-16(2)12-18(11-15)29-33(31,32)19-7-8-24-22(14-19)20-4-3-5-21(20)26(28-24)23-13-17(27)6-9-25(23)30/h3-4,6-14,20-21,26,28-30H,5H2,1-2H3. The molecular weight excluding hydrogens is 500 g/mol. The van der Waals surface area contributed by atoms with Gasteiger partial charge in [-0.15, -0.1) is 0 Å². The molecule has 3 aromatic carbocycles. The molecule has 0 saturated carbocycles. The van der Waals surface area contributed by atoms with Gasteiger partial charge in [-0.25, -0.2) is 8.42 Å². The van der Waals surface area contributed by atoms with E-state index in [9.17, 15) is 13.5 Å².